The standard InChI is InChI=1S/C15H9BrClN3O7/c16-11-5-8(19(23)24)2-4-13(11)18-14(21)7-27-15(22)10-3-1-9(20(25)26)6-12(10)17/h1-6H,7H2,(H,18,21). The zero-order valence-corrected chi connectivity index (χ0v) is 15.5. The summed E-state index contributed by atoms with van der Waals surface area (Å²) in [6.45, 7) is -0.657. The third-order valence-electron chi connectivity index (χ3n) is 3.16. The minimum atomic E-state index is -0.937. The van der Waals surface area contributed by atoms with Crippen LogP contribution in [0.4, 0.5) is 17.1 Å². The van der Waals surface area contributed by atoms with Crippen LogP contribution in [0.2, 0.25) is 5.02 Å². The van der Waals surface area contributed by atoms with E-state index < -0.39 is 28.3 Å². The molecule has 0 aliphatic carbocycles. The third-order valence-corrected chi connectivity index (χ3v) is 4.12. The lowest BCUT2D eigenvalue weighted by molar-refractivity contribution is -0.385. The van der Waals surface area contributed by atoms with Crippen LogP contribution in [0, 0.1) is 20.2 Å². The van der Waals surface area contributed by atoms with E-state index in [0.717, 1.165) is 18.2 Å². The number of carbonyl (C=O) groups is 2. The van der Waals surface area contributed by atoms with E-state index in [-0.39, 0.29) is 32.1 Å². The molecule has 2 rings (SSSR count). The minimum absolute atomic E-state index is 0.133. The number of amides is 1. The number of nitrogens with zero attached hydrogens (tertiary/aromatic N) is 2. The number of nitrogens with one attached hydrogen (secondary N) is 1. The van der Waals surface area contributed by atoms with Gasteiger partial charge in [0.2, 0.25) is 0 Å². The summed E-state index contributed by atoms with van der Waals surface area (Å²) < 4.78 is 5.09. The second-order valence-corrected chi connectivity index (χ2v) is 6.23. The largest absolute Gasteiger partial charge is 0.452 e. The number of halogens is 2. The molecule has 27 heavy (non-hydrogen) atoms. The molecule has 12 heteroatoms. The monoisotopic (exact) mass is 457 g/mol. The summed E-state index contributed by atoms with van der Waals surface area (Å²) in [5.41, 5.74) is -0.349. The van der Waals surface area contributed by atoms with Crippen molar-refractivity contribution in [3.63, 3.8) is 0 Å². The van der Waals surface area contributed by atoms with Crippen molar-refractivity contribution < 1.29 is 24.2 Å². The van der Waals surface area contributed by atoms with Gasteiger partial charge in [-0.1, -0.05) is 11.6 Å². The number of hydrogen-bond donors (Lipinski definition) is 1. The quantitative estimate of drug-likeness (QED) is 0.395. The highest BCUT2D eigenvalue weighted by molar-refractivity contribution is 9.10. The number of nitro groups is 2. The first-order valence-electron chi connectivity index (χ1n) is 7.04. The highest BCUT2D eigenvalue weighted by Gasteiger charge is 2.18. The fourth-order valence-corrected chi connectivity index (χ4v) is 2.61. The molecular weight excluding hydrogens is 450 g/mol. The molecule has 0 spiro atoms. The summed E-state index contributed by atoms with van der Waals surface area (Å²) >= 11 is 8.90. The van der Waals surface area contributed by atoms with Crippen molar-refractivity contribution >= 4 is 56.5 Å². The molecular formula is C15H9BrClN3O7. The summed E-state index contributed by atoms with van der Waals surface area (Å²) in [5.74, 6) is -1.64. The van der Waals surface area contributed by atoms with Crippen molar-refractivity contribution in [2.75, 3.05) is 11.9 Å². The first-order valence-corrected chi connectivity index (χ1v) is 8.21. The van der Waals surface area contributed by atoms with Crippen LogP contribution < -0.4 is 5.32 Å². The van der Waals surface area contributed by atoms with Crippen LogP contribution in [-0.4, -0.2) is 28.3 Å². The van der Waals surface area contributed by atoms with Gasteiger partial charge in [0.15, 0.2) is 6.61 Å². The van der Waals surface area contributed by atoms with Gasteiger partial charge in [-0.05, 0) is 28.1 Å². The number of esters is 1. The van der Waals surface area contributed by atoms with E-state index in [9.17, 15) is 29.8 Å². The van der Waals surface area contributed by atoms with Gasteiger partial charge in [0.1, 0.15) is 0 Å². The highest BCUT2D eigenvalue weighted by Crippen LogP contribution is 2.27. The zero-order valence-electron chi connectivity index (χ0n) is 13.2. The van der Waals surface area contributed by atoms with Gasteiger partial charge in [0.05, 0.1) is 26.1 Å². The van der Waals surface area contributed by atoms with Gasteiger partial charge in [0.25, 0.3) is 17.3 Å². The topological polar surface area (TPSA) is 142 Å². The Balaban J connectivity index is 1.98. The van der Waals surface area contributed by atoms with Crippen molar-refractivity contribution in [2.24, 2.45) is 0 Å². The first kappa shape index (κ1) is 20.3. The van der Waals surface area contributed by atoms with Crippen molar-refractivity contribution in [3.05, 3.63) is 71.7 Å². The fourth-order valence-electron chi connectivity index (χ4n) is 1.90. The molecule has 10 nitrogen and oxygen atoms in total. The first-order chi connectivity index (χ1) is 12.7. The predicted octanol–water partition coefficient (Wildman–Crippen LogP) is 3.71. The molecule has 0 unspecified atom stereocenters. The molecule has 1 N–H and O–H groups in total. The molecule has 0 aliphatic heterocycles. The van der Waals surface area contributed by atoms with Crippen LogP contribution in [0.3, 0.4) is 0 Å². The average molecular weight is 459 g/mol. The minimum Gasteiger partial charge on any atom is -0.452 e. The number of nitro benzene ring substituents is 2. The molecule has 0 heterocycles. The van der Waals surface area contributed by atoms with Crippen molar-refractivity contribution in [1.82, 2.24) is 0 Å². The number of rotatable bonds is 6. The Kier molecular flexibility index (Phi) is 6.42. The number of carbonyl (C=O) groups excluding carboxylic acids is 2. The lowest BCUT2D eigenvalue weighted by Gasteiger charge is -2.09. The molecule has 2 aromatic carbocycles. The van der Waals surface area contributed by atoms with Gasteiger partial charge in [-0.15, -0.1) is 0 Å². The number of hydrogen-bond acceptors (Lipinski definition) is 7. The summed E-state index contributed by atoms with van der Waals surface area (Å²) in [5, 5.41) is 23.5. The summed E-state index contributed by atoms with van der Waals surface area (Å²) in [6, 6.07) is 6.91. The molecule has 0 atom stereocenters. The van der Waals surface area contributed by atoms with Crippen LogP contribution >= 0.6 is 27.5 Å². The van der Waals surface area contributed by atoms with E-state index in [1.54, 1.807) is 0 Å². The Labute approximate surface area is 164 Å². The lowest BCUT2D eigenvalue weighted by Crippen LogP contribution is -2.21. The van der Waals surface area contributed by atoms with Crippen molar-refractivity contribution in [1.29, 1.82) is 0 Å². The molecule has 0 radical (unpaired) electrons. The van der Waals surface area contributed by atoms with Crippen LogP contribution in [0.25, 0.3) is 0 Å². The molecule has 0 aromatic heterocycles. The molecule has 0 bridgehead atoms. The molecule has 0 aliphatic rings. The summed E-state index contributed by atoms with van der Waals surface area (Å²) in [6.07, 6.45) is 0. The maximum Gasteiger partial charge on any atom is 0.340 e. The second kappa shape index (κ2) is 8.56. The maximum absolute atomic E-state index is 11.9. The van der Waals surface area contributed by atoms with E-state index in [1.807, 2.05) is 0 Å². The number of non-ortho nitro benzene ring substituents is 2. The van der Waals surface area contributed by atoms with Gasteiger partial charge < -0.3 is 10.1 Å². The van der Waals surface area contributed by atoms with E-state index >= 15 is 0 Å². The Morgan fingerprint density at radius 1 is 1.07 bits per heavy atom. The summed E-state index contributed by atoms with van der Waals surface area (Å²) in [4.78, 5) is 43.9. The smallest absolute Gasteiger partial charge is 0.340 e. The van der Waals surface area contributed by atoms with Gasteiger partial charge in [-0.25, -0.2) is 4.79 Å². The maximum atomic E-state index is 11.9. The highest BCUT2D eigenvalue weighted by atomic mass is 79.9. The Hall–Kier alpha value is -3.05. The number of ether oxygens (including phenoxy) is 1. The van der Waals surface area contributed by atoms with Gasteiger partial charge >= 0.3 is 5.97 Å². The predicted molar refractivity (Wildman–Crippen MR) is 97.8 cm³/mol. The Morgan fingerprint density at radius 3 is 2.22 bits per heavy atom. The van der Waals surface area contributed by atoms with Crippen LogP contribution in [0.5, 0.6) is 0 Å². The molecule has 140 valence electrons. The average Bonchev–Trinajstić information content (AvgIpc) is 2.61. The van der Waals surface area contributed by atoms with E-state index in [4.69, 9.17) is 16.3 Å². The third kappa shape index (κ3) is 5.21. The lowest BCUT2D eigenvalue weighted by atomic mass is 10.2. The SMILES string of the molecule is O=C(COC(=O)c1ccc([N+](=O)[O-])cc1Cl)Nc1ccc([N+](=O)[O-])cc1Br. The van der Waals surface area contributed by atoms with Gasteiger partial charge in [-0.3, -0.25) is 25.0 Å². The van der Waals surface area contributed by atoms with Gasteiger partial charge in [0, 0.05) is 28.7 Å². The summed E-state index contributed by atoms with van der Waals surface area (Å²) in [7, 11) is 0. The van der Waals surface area contributed by atoms with Crippen LogP contribution in [-0.2, 0) is 9.53 Å². The van der Waals surface area contributed by atoms with Crippen LogP contribution in [0.1, 0.15) is 10.4 Å². The van der Waals surface area contributed by atoms with E-state index in [1.165, 1.54) is 18.2 Å². The Bertz CT molecular complexity index is 951. The molecule has 0 fully saturated rings. The molecule has 2 aromatic rings. The Morgan fingerprint density at radius 2 is 1.67 bits per heavy atom. The van der Waals surface area contributed by atoms with Gasteiger partial charge in [-0.2, -0.15) is 0 Å². The fraction of sp³-hybridized carbons (Fsp3) is 0.0667. The van der Waals surface area contributed by atoms with Crippen LogP contribution in [0.15, 0.2) is 40.9 Å². The van der Waals surface area contributed by atoms with E-state index in [0.29, 0.717) is 0 Å². The zero-order chi connectivity index (χ0) is 20.1. The van der Waals surface area contributed by atoms with Crippen molar-refractivity contribution in [3.8, 4) is 0 Å². The second-order valence-electron chi connectivity index (χ2n) is 4.97. The van der Waals surface area contributed by atoms with Crippen molar-refractivity contribution in [2.45, 2.75) is 0 Å². The van der Waals surface area contributed by atoms with E-state index in [2.05, 4.69) is 21.2 Å². The normalized spacial score (nSPS) is 10.1. The molecule has 1 amide bonds. The molecule has 0 saturated carbocycles. The molecule has 0 saturated heterocycles. The number of benzene rings is 2. The number of anilines is 1.